The molecule has 0 saturated carbocycles. The van der Waals surface area contributed by atoms with E-state index in [0.717, 1.165) is 26.1 Å². The molecule has 1 aromatic heterocycles. The van der Waals surface area contributed by atoms with Crippen LogP contribution >= 0.6 is 0 Å². The van der Waals surface area contributed by atoms with Gasteiger partial charge in [-0.25, -0.2) is 0 Å². The SMILES string of the molecule is CC1OCCC1Nc1nc(N)nc(N2CCOCC2)n1. The molecule has 110 valence electrons. The predicted octanol–water partition coefficient (Wildman–Crippen LogP) is -0.120. The van der Waals surface area contributed by atoms with Gasteiger partial charge in [-0.2, -0.15) is 15.0 Å². The van der Waals surface area contributed by atoms with Crippen LogP contribution in [0.4, 0.5) is 17.8 Å². The Balaban J connectivity index is 1.75. The van der Waals surface area contributed by atoms with E-state index in [1.54, 1.807) is 0 Å². The average molecular weight is 280 g/mol. The van der Waals surface area contributed by atoms with Crippen molar-refractivity contribution >= 4 is 17.8 Å². The molecule has 2 aliphatic rings. The number of nitrogens with one attached hydrogen (secondary N) is 1. The molecule has 3 N–H and O–H groups in total. The molecule has 2 unspecified atom stereocenters. The van der Waals surface area contributed by atoms with E-state index in [4.69, 9.17) is 15.2 Å². The van der Waals surface area contributed by atoms with E-state index in [1.165, 1.54) is 0 Å². The zero-order valence-electron chi connectivity index (χ0n) is 11.6. The summed E-state index contributed by atoms with van der Waals surface area (Å²) in [5, 5.41) is 3.29. The smallest absolute Gasteiger partial charge is 0.232 e. The standard InChI is InChI=1S/C12H20N6O2/c1-8-9(2-5-20-8)14-11-15-10(13)16-12(17-11)18-3-6-19-7-4-18/h8-9H,2-7H2,1H3,(H3,13,14,15,16,17). The van der Waals surface area contributed by atoms with Crippen molar-refractivity contribution in [1.29, 1.82) is 0 Å². The fourth-order valence-corrected chi connectivity index (χ4v) is 2.44. The molecule has 2 aliphatic heterocycles. The van der Waals surface area contributed by atoms with Crippen molar-refractivity contribution in [2.45, 2.75) is 25.5 Å². The molecule has 3 rings (SSSR count). The number of hydrogen-bond acceptors (Lipinski definition) is 8. The fourth-order valence-electron chi connectivity index (χ4n) is 2.44. The Morgan fingerprint density at radius 2 is 2.00 bits per heavy atom. The molecular weight excluding hydrogens is 260 g/mol. The summed E-state index contributed by atoms with van der Waals surface area (Å²) in [7, 11) is 0. The van der Waals surface area contributed by atoms with E-state index in [9.17, 15) is 0 Å². The number of aromatic nitrogens is 3. The van der Waals surface area contributed by atoms with Gasteiger partial charge in [-0.15, -0.1) is 0 Å². The highest BCUT2D eigenvalue weighted by Gasteiger charge is 2.25. The van der Waals surface area contributed by atoms with Gasteiger partial charge in [-0.3, -0.25) is 0 Å². The van der Waals surface area contributed by atoms with Crippen molar-refractivity contribution in [3.05, 3.63) is 0 Å². The lowest BCUT2D eigenvalue weighted by Crippen LogP contribution is -2.38. The Morgan fingerprint density at radius 1 is 1.20 bits per heavy atom. The third-order valence-corrected chi connectivity index (χ3v) is 3.63. The van der Waals surface area contributed by atoms with Crippen LogP contribution in [0.25, 0.3) is 0 Å². The fraction of sp³-hybridized carbons (Fsp3) is 0.750. The molecule has 0 aliphatic carbocycles. The van der Waals surface area contributed by atoms with Crippen molar-refractivity contribution in [2.24, 2.45) is 0 Å². The maximum atomic E-state index is 5.78. The summed E-state index contributed by atoms with van der Waals surface area (Å²) in [6, 6.07) is 0.217. The highest BCUT2D eigenvalue weighted by atomic mass is 16.5. The summed E-state index contributed by atoms with van der Waals surface area (Å²) in [4.78, 5) is 14.9. The summed E-state index contributed by atoms with van der Waals surface area (Å²) < 4.78 is 10.8. The number of hydrogen-bond donors (Lipinski definition) is 2. The first-order valence-electron chi connectivity index (χ1n) is 6.95. The normalized spacial score (nSPS) is 26.8. The molecule has 1 aromatic rings. The second kappa shape index (κ2) is 5.76. The molecule has 20 heavy (non-hydrogen) atoms. The number of ether oxygens (including phenoxy) is 2. The number of nitrogens with zero attached hydrogens (tertiary/aromatic N) is 4. The first-order chi connectivity index (χ1) is 9.72. The Kier molecular flexibility index (Phi) is 3.83. The van der Waals surface area contributed by atoms with Gasteiger partial charge in [-0.1, -0.05) is 0 Å². The molecule has 2 saturated heterocycles. The van der Waals surface area contributed by atoms with Crippen LogP contribution < -0.4 is 16.0 Å². The van der Waals surface area contributed by atoms with Gasteiger partial charge < -0.3 is 25.4 Å². The average Bonchev–Trinajstić information content (AvgIpc) is 2.85. The second-order valence-corrected chi connectivity index (χ2v) is 5.03. The molecule has 0 spiro atoms. The zero-order valence-corrected chi connectivity index (χ0v) is 11.6. The lowest BCUT2D eigenvalue weighted by molar-refractivity contribution is 0.121. The van der Waals surface area contributed by atoms with Crippen molar-refractivity contribution < 1.29 is 9.47 Å². The Labute approximate surface area is 117 Å². The minimum Gasteiger partial charge on any atom is -0.378 e. The first kappa shape index (κ1) is 13.3. The zero-order chi connectivity index (χ0) is 13.9. The van der Waals surface area contributed by atoms with Crippen LogP contribution in [0.3, 0.4) is 0 Å². The van der Waals surface area contributed by atoms with Crippen molar-refractivity contribution in [1.82, 2.24) is 15.0 Å². The summed E-state index contributed by atoms with van der Waals surface area (Å²) in [5.74, 6) is 1.35. The van der Waals surface area contributed by atoms with Crippen LogP contribution in [0.1, 0.15) is 13.3 Å². The van der Waals surface area contributed by atoms with Gasteiger partial charge in [0.25, 0.3) is 0 Å². The quantitative estimate of drug-likeness (QED) is 0.790. The number of morpholine rings is 1. The first-order valence-corrected chi connectivity index (χ1v) is 6.95. The summed E-state index contributed by atoms with van der Waals surface area (Å²) in [6.07, 6.45) is 1.10. The minimum absolute atomic E-state index is 0.153. The van der Waals surface area contributed by atoms with E-state index >= 15 is 0 Å². The molecule has 2 atom stereocenters. The monoisotopic (exact) mass is 280 g/mol. The van der Waals surface area contributed by atoms with Crippen LogP contribution in [0, 0.1) is 0 Å². The number of nitrogen functional groups attached to an aromatic ring is 1. The van der Waals surface area contributed by atoms with Crippen LogP contribution in [0.5, 0.6) is 0 Å². The molecular formula is C12H20N6O2. The predicted molar refractivity (Wildman–Crippen MR) is 74.7 cm³/mol. The number of rotatable bonds is 3. The summed E-state index contributed by atoms with van der Waals surface area (Å²) in [6.45, 7) is 5.70. The van der Waals surface area contributed by atoms with Gasteiger partial charge in [0.2, 0.25) is 17.8 Å². The maximum absolute atomic E-state index is 5.78. The molecule has 0 aromatic carbocycles. The van der Waals surface area contributed by atoms with Crippen molar-refractivity contribution in [3.63, 3.8) is 0 Å². The third kappa shape index (κ3) is 2.91. The minimum atomic E-state index is 0.153. The van der Waals surface area contributed by atoms with E-state index in [-0.39, 0.29) is 18.1 Å². The molecule has 0 radical (unpaired) electrons. The van der Waals surface area contributed by atoms with Crippen molar-refractivity contribution in [2.75, 3.05) is 48.9 Å². The Morgan fingerprint density at radius 3 is 2.70 bits per heavy atom. The Bertz CT molecular complexity index is 465. The van der Waals surface area contributed by atoms with Crippen LogP contribution in [0.15, 0.2) is 0 Å². The number of nitrogens with two attached hydrogens (primary N) is 1. The van der Waals surface area contributed by atoms with Gasteiger partial charge >= 0.3 is 0 Å². The van der Waals surface area contributed by atoms with Gasteiger partial charge in [-0.05, 0) is 13.3 Å². The van der Waals surface area contributed by atoms with E-state index in [1.807, 2.05) is 6.92 Å². The van der Waals surface area contributed by atoms with E-state index in [2.05, 4.69) is 25.2 Å². The Hall–Kier alpha value is -1.67. The van der Waals surface area contributed by atoms with Crippen LogP contribution in [-0.4, -0.2) is 60.0 Å². The lowest BCUT2D eigenvalue weighted by Gasteiger charge is -2.27. The topological polar surface area (TPSA) is 98.4 Å². The maximum Gasteiger partial charge on any atom is 0.232 e. The molecule has 3 heterocycles. The van der Waals surface area contributed by atoms with Crippen LogP contribution in [-0.2, 0) is 9.47 Å². The van der Waals surface area contributed by atoms with Gasteiger partial charge in [0, 0.05) is 19.7 Å². The highest BCUT2D eigenvalue weighted by molar-refractivity contribution is 5.42. The molecule has 8 nitrogen and oxygen atoms in total. The van der Waals surface area contributed by atoms with Gasteiger partial charge in [0.15, 0.2) is 0 Å². The van der Waals surface area contributed by atoms with E-state index < -0.39 is 0 Å². The molecule has 2 fully saturated rings. The van der Waals surface area contributed by atoms with Crippen molar-refractivity contribution in [3.8, 4) is 0 Å². The lowest BCUT2D eigenvalue weighted by atomic mass is 10.2. The molecule has 0 bridgehead atoms. The molecule has 8 heteroatoms. The second-order valence-electron chi connectivity index (χ2n) is 5.03. The largest absolute Gasteiger partial charge is 0.378 e. The van der Waals surface area contributed by atoms with Crippen LogP contribution in [0.2, 0.25) is 0 Å². The van der Waals surface area contributed by atoms with Gasteiger partial charge in [0.1, 0.15) is 0 Å². The summed E-state index contributed by atoms with van der Waals surface area (Å²) in [5.41, 5.74) is 5.78. The molecule has 0 amide bonds. The highest BCUT2D eigenvalue weighted by Crippen LogP contribution is 2.19. The van der Waals surface area contributed by atoms with Gasteiger partial charge in [0.05, 0.1) is 25.4 Å². The summed E-state index contributed by atoms with van der Waals surface area (Å²) >= 11 is 0. The van der Waals surface area contributed by atoms with E-state index in [0.29, 0.717) is 25.1 Å². The number of anilines is 3. The third-order valence-electron chi connectivity index (χ3n) is 3.63.